The van der Waals surface area contributed by atoms with Gasteiger partial charge in [-0.3, -0.25) is 0 Å². The summed E-state index contributed by atoms with van der Waals surface area (Å²) in [5.41, 5.74) is 0. The van der Waals surface area contributed by atoms with Crippen molar-refractivity contribution in [2.45, 2.75) is 30.2 Å². The fraction of sp³-hybridized carbons (Fsp3) is 0.417. The maximum atomic E-state index is 13.5. The monoisotopic (exact) mass is 268 g/mol. The second kappa shape index (κ2) is 5.04. The fourth-order valence-corrected chi connectivity index (χ4v) is 3.57. The van der Waals surface area contributed by atoms with Gasteiger partial charge in [0, 0.05) is 6.04 Å². The van der Waals surface area contributed by atoms with Crippen LogP contribution in [0.2, 0.25) is 0 Å². The van der Waals surface area contributed by atoms with Crippen LogP contribution in [0.25, 0.3) is 0 Å². The molecule has 1 saturated carbocycles. The number of hydrogen-bond donors (Lipinski definition) is 1. The molecular weight excluding hydrogens is 255 g/mol. The predicted molar refractivity (Wildman–Crippen MR) is 63.5 cm³/mol. The Hall–Kier alpha value is -1.45. The van der Waals surface area contributed by atoms with Crippen LogP contribution >= 0.6 is 0 Å². The maximum Gasteiger partial charge on any atom is 0.243 e. The molecule has 1 aliphatic carbocycles. The molecular formula is C12H13FN2O2S. The van der Waals surface area contributed by atoms with Crippen molar-refractivity contribution >= 4 is 10.0 Å². The molecule has 0 aliphatic heterocycles. The number of sulfonamides is 1. The van der Waals surface area contributed by atoms with Crippen molar-refractivity contribution in [3.63, 3.8) is 0 Å². The average Bonchev–Trinajstić information content (AvgIpc) is 2.76. The Morgan fingerprint density at radius 2 is 2.06 bits per heavy atom. The van der Waals surface area contributed by atoms with Crippen LogP contribution < -0.4 is 4.72 Å². The SMILES string of the molecule is N#CC1CCCC1NS(=O)(=O)c1ccccc1F. The molecule has 2 rings (SSSR count). The highest BCUT2D eigenvalue weighted by Crippen LogP contribution is 2.26. The third kappa shape index (κ3) is 2.52. The number of nitriles is 1. The summed E-state index contributed by atoms with van der Waals surface area (Å²) in [7, 11) is -3.89. The van der Waals surface area contributed by atoms with Crippen molar-refractivity contribution in [3.8, 4) is 6.07 Å². The topological polar surface area (TPSA) is 70.0 Å². The molecule has 1 fully saturated rings. The van der Waals surface area contributed by atoms with Crippen LogP contribution in [0.1, 0.15) is 19.3 Å². The van der Waals surface area contributed by atoms with E-state index in [1.165, 1.54) is 18.2 Å². The van der Waals surface area contributed by atoms with E-state index in [0.29, 0.717) is 12.8 Å². The van der Waals surface area contributed by atoms with E-state index in [1.807, 2.05) is 0 Å². The summed E-state index contributed by atoms with van der Waals surface area (Å²) in [4.78, 5) is -0.367. The first-order chi connectivity index (χ1) is 8.54. The van der Waals surface area contributed by atoms with Crippen molar-refractivity contribution in [2.24, 2.45) is 5.92 Å². The predicted octanol–water partition coefficient (Wildman–Crippen LogP) is 1.80. The zero-order valence-electron chi connectivity index (χ0n) is 9.64. The van der Waals surface area contributed by atoms with Crippen molar-refractivity contribution in [3.05, 3.63) is 30.1 Å². The molecule has 6 heteroatoms. The number of rotatable bonds is 3. The van der Waals surface area contributed by atoms with Crippen LogP contribution in [0.4, 0.5) is 4.39 Å². The highest BCUT2D eigenvalue weighted by molar-refractivity contribution is 7.89. The molecule has 0 radical (unpaired) electrons. The van der Waals surface area contributed by atoms with Gasteiger partial charge in [-0.05, 0) is 25.0 Å². The van der Waals surface area contributed by atoms with Gasteiger partial charge in [-0.1, -0.05) is 18.6 Å². The van der Waals surface area contributed by atoms with E-state index < -0.39 is 21.9 Å². The van der Waals surface area contributed by atoms with Crippen molar-refractivity contribution in [1.29, 1.82) is 5.26 Å². The van der Waals surface area contributed by atoms with Crippen LogP contribution in [0.3, 0.4) is 0 Å². The number of nitrogens with zero attached hydrogens (tertiary/aromatic N) is 1. The van der Waals surface area contributed by atoms with Gasteiger partial charge in [0.1, 0.15) is 10.7 Å². The van der Waals surface area contributed by atoms with E-state index in [4.69, 9.17) is 5.26 Å². The first-order valence-corrected chi connectivity index (χ1v) is 7.19. The second-order valence-corrected chi connectivity index (χ2v) is 6.01. The molecule has 0 spiro atoms. The van der Waals surface area contributed by atoms with E-state index in [0.717, 1.165) is 12.5 Å². The van der Waals surface area contributed by atoms with E-state index in [2.05, 4.69) is 10.8 Å². The molecule has 1 aliphatic rings. The molecule has 0 saturated heterocycles. The lowest BCUT2D eigenvalue weighted by molar-refractivity contribution is 0.508. The molecule has 0 heterocycles. The van der Waals surface area contributed by atoms with Crippen LogP contribution in [-0.4, -0.2) is 14.5 Å². The average molecular weight is 268 g/mol. The molecule has 18 heavy (non-hydrogen) atoms. The molecule has 2 atom stereocenters. The number of benzene rings is 1. The molecule has 1 aromatic rings. The molecule has 0 amide bonds. The van der Waals surface area contributed by atoms with Crippen molar-refractivity contribution < 1.29 is 12.8 Å². The normalized spacial score (nSPS) is 23.8. The van der Waals surface area contributed by atoms with E-state index in [1.54, 1.807) is 0 Å². The lowest BCUT2D eigenvalue weighted by Crippen LogP contribution is -2.37. The number of hydrogen-bond acceptors (Lipinski definition) is 3. The lowest BCUT2D eigenvalue weighted by atomic mass is 10.1. The van der Waals surface area contributed by atoms with Gasteiger partial charge in [-0.2, -0.15) is 5.26 Å². The van der Waals surface area contributed by atoms with Crippen LogP contribution in [0.15, 0.2) is 29.2 Å². The molecule has 0 aromatic heterocycles. The Labute approximate surface area is 105 Å². The summed E-state index contributed by atoms with van der Waals surface area (Å²) in [6.07, 6.45) is 2.11. The summed E-state index contributed by atoms with van der Waals surface area (Å²) in [5.74, 6) is -1.11. The molecule has 0 bridgehead atoms. The Morgan fingerprint density at radius 3 is 2.72 bits per heavy atom. The lowest BCUT2D eigenvalue weighted by Gasteiger charge is -2.15. The minimum atomic E-state index is -3.89. The maximum absolute atomic E-state index is 13.5. The van der Waals surface area contributed by atoms with Crippen molar-refractivity contribution in [1.82, 2.24) is 4.72 Å². The third-order valence-electron chi connectivity index (χ3n) is 3.11. The summed E-state index contributed by atoms with van der Waals surface area (Å²) < 4.78 is 39.9. The zero-order valence-corrected chi connectivity index (χ0v) is 10.5. The second-order valence-electron chi connectivity index (χ2n) is 4.32. The molecule has 2 unspecified atom stereocenters. The van der Waals surface area contributed by atoms with Gasteiger partial charge in [0.15, 0.2) is 0 Å². The standard InChI is InChI=1S/C12H13FN2O2S/c13-10-5-1-2-7-12(10)18(16,17)15-11-6-3-4-9(11)8-14/h1-2,5,7,9,11,15H,3-4,6H2. The van der Waals surface area contributed by atoms with Gasteiger partial charge in [0.25, 0.3) is 0 Å². The summed E-state index contributed by atoms with van der Waals surface area (Å²) in [6.45, 7) is 0. The van der Waals surface area contributed by atoms with Gasteiger partial charge in [-0.15, -0.1) is 0 Å². The van der Waals surface area contributed by atoms with Gasteiger partial charge >= 0.3 is 0 Å². The van der Waals surface area contributed by atoms with Gasteiger partial charge in [0.05, 0.1) is 12.0 Å². The minimum Gasteiger partial charge on any atom is -0.207 e. The summed E-state index contributed by atoms with van der Waals surface area (Å²) in [5, 5.41) is 8.90. The molecule has 4 nitrogen and oxygen atoms in total. The van der Waals surface area contributed by atoms with Crippen molar-refractivity contribution in [2.75, 3.05) is 0 Å². The third-order valence-corrected chi connectivity index (χ3v) is 4.64. The Morgan fingerprint density at radius 1 is 1.33 bits per heavy atom. The van der Waals surface area contributed by atoms with Crippen LogP contribution in [0.5, 0.6) is 0 Å². The largest absolute Gasteiger partial charge is 0.243 e. The smallest absolute Gasteiger partial charge is 0.207 e. The fourth-order valence-electron chi connectivity index (χ4n) is 2.18. The zero-order chi connectivity index (χ0) is 13.2. The van der Waals surface area contributed by atoms with E-state index >= 15 is 0 Å². The van der Waals surface area contributed by atoms with E-state index in [-0.39, 0.29) is 10.8 Å². The first-order valence-electron chi connectivity index (χ1n) is 5.71. The van der Waals surface area contributed by atoms with Crippen LogP contribution in [0, 0.1) is 23.1 Å². The molecule has 1 N–H and O–H groups in total. The first kappa shape index (κ1) is 13.0. The quantitative estimate of drug-likeness (QED) is 0.908. The highest BCUT2D eigenvalue weighted by atomic mass is 32.2. The molecule has 96 valence electrons. The number of halogens is 1. The number of nitrogens with one attached hydrogen (secondary N) is 1. The summed E-state index contributed by atoms with van der Waals surface area (Å²) >= 11 is 0. The van der Waals surface area contributed by atoms with Gasteiger partial charge in [-0.25, -0.2) is 17.5 Å². The van der Waals surface area contributed by atoms with Gasteiger partial charge < -0.3 is 0 Å². The summed E-state index contributed by atoms with van der Waals surface area (Å²) in [6, 6.07) is 6.88. The Balaban J connectivity index is 2.23. The Kier molecular flexibility index (Phi) is 3.64. The van der Waals surface area contributed by atoms with E-state index in [9.17, 15) is 12.8 Å². The highest BCUT2D eigenvalue weighted by Gasteiger charge is 2.32. The van der Waals surface area contributed by atoms with Crippen LogP contribution in [-0.2, 0) is 10.0 Å². The molecule has 1 aromatic carbocycles. The van der Waals surface area contributed by atoms with Gasteiger partial charge in [0.2, 0.25) is 10.0 Å². The Bertz CT molecular complexity index is 580. The minimum absolute atomic E-state index is 0.327.